The summed E-state index contributed by atoms with van der Waals surface area (Å²) >= 11 is 3.36. The minimum atomic E-state index is -0.272. The van der Waals surface area contributed by atoms with Gasteiger partial charge >= 0.3 is 0 Å². The van der Waals surface area contributed by atoms with Gasteiger partial charge in [-0.15, -0.1) is 0 Å². The molecule has 0 aliphatic carbocycles. The molecule has 0 aromatic heterocycles. The number of halogens is 2. The number of benzene rings is 2. The molecule has 2 rings (SSSR count). The SMILES string of the molecule is CCC(C)CC(Nc1cc(C)c(Br)cc1F)c1ccc(C=O)cc1. The Morgan fingerprint density at radius 3 is 2.50 bits per heavy atom. The average Bonchev–Trinajstić information content (AvgIpc) is 2.58. The third kappa shape index (κ3) is 4.67. The van der Waals surface area contributed by atoms with Gasteiger partial charge in [-0.1, -0.05) is 60.5 Å². The predicted octanol–water partition coefficient (Wildman–Crippen LogP) is 6.30. The first-order valence-corrected chi connectivity index (χ1v) is 9.01. The van der Waals surface area contributed by atoms with Gasteiger partial charge in [0, 0.05) is 10.0 Å². The summed E-state index contributed by atoms with van der Waals surface area (Å²) in [5.74, 6) is 0.235. The highest BCUT2D eigenvalue weighted by Crippen LogP contribution is 2.31. The minimum absolute atomic E-state index is 0.00396. The fraction of sp³-hybridized carbons (Fsp3) is 0.350. The molecule has 2 atom stereocenters. The average molecular weight is 392 g/mol. The summed E-state index contributed by atoms with van der Waals surface area (Å²) in [6.07, 6.45) is 2.79. The van der Waals surface area contributed by atoms with Crippen molar-refractivity contribution in [3.05, 3.63) is 63.4 Å². The van der Waals surface area contributed by atoms with Crippen LogP contribution in [0.25, 0.3) is 0 Å². The zero-order valence-corrected chi connectivity index (χ0v) is 15.9. The molecule has 2 nitrogen and oxygen atoms in total. The van der Waals surface area contributed by atoms with Crippen molar-refractivity contribution in [1.29, 1.82) is 0 Å². The molecular weight excluding hydrogens is 369 g/mol. The quantitative estimate of drug-likeness (QED) is 0.561. The van der Waals surface area contributed by atoms with Crippen LogP contribution in [0, 0.1) is 18.7 Å². The van der Waals surface area contributed by atoms with Crippen LogP contribution in [0.15, 0.2) is 40.9 Å². The molecule has 0 aliphatic rings. The lowest BCUT2D eigenvalue weighted by atomic mass is 9.93. The third-order valence-electron chi connectivity index (χ3n) is 4.39. The second-order valence-corrected chi connectivity index (χ2v) is 7.17. The summed E-state index contributed by atoms with van der Waals surface area (Å²) in [6, 6.07) is 10.8. The molecule has 0 bridgehead atoms. The number of nitrogens with one attached hydrogen (secondary N) is 1. The molecule has 0 amide bonds. The number of aldehydes is 1. The lowest BCUT2D eigenvalue weighted by Crippen LogP contribution is -2.15. The summed E-state index contributed by atoms with van der Waals surface area (Å²) in [5.41, 5.74) is 3.19. The fourth-order valence-corrected chi connectivity index (χ4v) is 2.93. The predicted molar refractivity (Wildman–Crippen MR) is 101 cm³/mol. The maximum absolute atomic E-state index is 14.3. The summed E-state index contributed by atoms with van der Waals surface area (Å²) < 4.78 is 15.1. The first-order valence-electron chi connectivity index (χ1n) is 8.21. The Bertz CT molecular complexity index is 700. The van der Waals surface area contributed by atoms with Crippen molar-refractivity contribution >= 4 is 27.9 Å². The second-order valence-electron chi connectivity index (χ2n) is 6.31. The number of carbonyl (C=O) groups is 1. The molecule has 128 valence electrons. The molecule has 1 N–H and O–H groups in total. The van der Waals surface area contributed by atoms with Crippen LogP contribution in [-0.2, 0) is 0 Å². The largest absolute Gasteiger partial charge is 0.376 e. The summed E-state index contributed by atoms with van der Waals surface area (Å²) in [7, 11) is 0. The Labute approximate surface area is 151 Å². The Morgan fingerprint density at radius 1 is 1.25 bits per heavy atom. The van der Waals surface area contributed by atoms with E-state index in [1.54, 1.807) is 12.1 Å². The number of carbonyl (C=O) groups excluding carboxylic acids is 1. The Hall–Kier alpha value is -1.68. The van der Waals surface area contributed by atoms with Crippen molar-refractivity contribution in [3.63, 3.8) is 0 Å². The number of anilines is 1. The number of rotatable bonds is 7. The first kappa shape index (κ1) is 18.7. The van der Waals surface area contributed by atoms with E-state index in [1.165, 1.54) is 6.07 Å². The van der Waals surface area contributed by atoms with Gasteiger partial charge in [-0.05, 0) is 42.5 Å². The summed E-state index contributed by atoms with van der Waals surface area (Å²) in [5, 5.41) is 3.35. The van der Waals surface area contributed by atoms with Crippen LogP contribution in [0.3, 0.4) is 0 Å². The van der Waals surface area contributed by atoms with E-state index in [0.29, 0.717) is 17.2 Å². The van der Waals surface area contributed by atoms with Gasteiger partial charge < -0.3 is 5.32 Å². The van der Waals surface area contributed by atoms with Crippen LogP contribution in [0.2, 0.25) is 0 Å². The van der Waals surface area contributed by atoms with Crippen LogP contribution >= 0.6 is 15.9 Å². The molecule has 0 fully saturated rings. The zero-order chi connectivity index (χ0) is 17.7. The molecule has 2 aromatic carbocycles. The lowest BCUT2D eigenvalue weighted by molar-refractivity contribution is 0.112. The van der Waals surface area contributed by atoms with Crippen molar-refractivity contribution < 1.29 is 9.18 Å². The van der Waals surface area contributed by atoms with Crippen LogP contribution in [0.1, 0.15) is 54.2 Å². The third-order valence-corrected chi connectivity index (χ3v) is 5.24. The Balaban J connectivity index is 2.32. The molecule has 4 heteroatoms. The van der Waals surface area contributed by atoms with Crippen molar-refractivity contribution in [2.45, 2.75) is 39.7 Å². The van der Waals surface area contributed by atoms with Gasteiger partial charge in [0.05, 0.1) is 11.7 Å². The van der Waals surface area contributed by atoms with Crippen LogP contribution in [0.5, 0.6) is 0 Å². The molecule has 0 heterocycles. The molecule has 0 radical (unpaired) electrons. The van der Waals surface area contributed by atoms with Crippen LogP contribution in [0.4, 0.5) is 10.1 Å². The van der Waals surface area contributed by atoms with Gasteiger partial charge in [-0.3, -0.25) is 4.79 Å². The molecule has 0 aliphatic heterocycles. The van der Waals surface area contributed by atoms with Gasteiger partial charge in [0.1, 0.15) is 12.1 Å². The van der Waals surface area contributed by atoms with Gasteiger partial charge in [-0.25, -0.2) is 4.39 Å². The summed E-state index contributed by atoms with van der Waals surface area (Å²) in [6.45, 7) is 6.29. The maximum atomic E-state index is 14.3. The highest BCUT2D eigenvalue weighted by atomic mass is 79.9. The number of hydrogen-bond acceptors (Lipinski definition) is 2. The summed E-state index contributed by atoms with van der Waals surface area (Å²) in [4.78, 5) is 10.8. The minimum Gasteiger partial charge on any atom is -0.376 e. The van der Waals surface area contributed by atoms with Crippen LogP contribution in [-0.4, -0.2) is 6.29 Å². The van der Waals surface area contributed by atoms with Gasteiger partial charge in [0.15, 0.2) is 0 Å². The molecule has 0 saturated carbocycles. The zero-order valence-electron chi connectivity index (χ0n) is 14.3. The van der Waals surface area contributed by atoms with Gasteiger partial charge in [0.25, 0.3) is 0 Å². The van der Waals surface area contributed by atoms with Crippen molar-refractivity contribution in [2.75, 3.05) is 5.32 Å². The first-order chi connectivity index (χ1) is 11.4. The van der Waals surface area contributed by atoms with E-state index in [9.17, 15) is 9.18 Å². The van der Waals surface area contributed by atoms with E-state index >= 15 is 0 Å². The van der Waals surface area contributed by atoms with E-state index < -0.39 is 0 Å². The van der Waals surface area contributed by atoms with Gasteiger partial charge in [-0.2, -0.15) is 0 Å². The van der Waals surface area contributed by atoms with Crippen molar-refractivity contribution in [3.8, 4) is 0 Å². The van der Waals surface area contributed by atoms with E-state index in [1.807, 2.05) is 25.1 Å². The van der Waals surface area contributed by atoms with Crippen molar-refractivity contribution in [2.24, 2.45) is 5.92 Å². The second kappa shape index (κ2) is 8.43. The Morgan fingerprint density at radius 2 is 1.92 bits per heavy atom. The topological polar surface area (TPSA) is 29.1 Å². The standard InChI is InChI=1S/C20H23BrFNO/c1-4-13(2)9-19(16-7-5-15(12-24)6-8-16)23-20-10-14(3)17(21)11-18(20)22/h5-8,10-13,19,23H,4,9H2,1-3H3. The van der Waals surface area contributed by atoms with E-state index in [-0.39, 0.29) is 11.9 Å². The number of hydrogen-bond donors (Lipinski definition) is 1. The molecule has 2 unspecified atom stereocenters. The highest BCUT2D eigenvalue weighted by Gasteiger charge is 2.17. The maximum Gasteiger partial charge on any atom is 0.150 e. The molecule has 24 heavy (non-hydrogen) atoms. The highest BCUT2D eigenvalue weighted by molar-refractivity contribution is 9.10. The molecule has 0 spiro atoms. The molecule has 2 aromatic rings. The Kier molecular flexibility index (Phi) is 6.55. The normalized spacial score (nSPS) is 13.4. The van der Waals surface area contributed by atoms with E-state index in [2.05, 4.69) is 35.1 Å². The smallest absolute Gasteiger partial charge is 0.150 e. The van der Waals surface area contributed by atoms with Crippen molar-refractivity contribution in [1.82, 2.24) is 0 Å². The van der Waals surface area contributed by atoms with E-state index in [4.69, 9.17) is 0 Å². The fourth-order valence-electron chi connectivity index (χ4n) is 2.61. The van der Waals surface area contributed by atoms with Crippen LogP contribution < -0.4 is 5.32 Å². The van der Waals surface area contributed by atoms with Gasteiger partial charge in [0.2, 0.25) is 0 Å². The lowest BCUT2D eigenvalue weighted by Gasteiger charge is -2.24. The number of aryl methyl sites for hydroxylation is 1. The monoisotopic (exact) mass is 391 g/mol. The van der Waals surface area contributed by atoms with E-state index in [0.717, 1.165) is 34.7 Å². The molecule has 0 saturated heterocycles. The molecular formula is C20H23BrFNO.